The zero-order valence-electron chi connectivity index (χ0n) is 10.9. The van der Waals surface area contributed by atoms with Crippen LogP contribution in [0.3, 0.4) is 0 Å². The Labute approximate surface area is 119 Å². The molecule has 3 rings (SSSR count). The van der Waals surface area contributed by atoms with Gasteiger partial charge in [-0.15, -0.1) is 0 Å². The minimum absolute atomic E-state index is 0.0324. The van der Waals surface area contributed by atoms with Gasteiger partial charge in [0.1, 0.15) is 6.20 Å². The first-order valence-corrected chi connectivity index (χ1v) is 7.52. The maximum Gasteiger partial charge on any atom is 0.372 e. The number of aliphatic hydroxyl groups excluding tert-OH is 1. The minimum atomic E-state index is -0.479. The third-order valence-corrected chi connectivity index (χ3v) is 4.66. The Morgan fingerprint density at radius 1 is 1.50 bits per heavy atom. The highest BCUT2D eigenvalue weighted by Gasteiger charge is 2.35. The van der Waals surface area contributed by atoms with Gasteiger partial charge in [-0.3, -0.25) is 0 Å². The van der Waals surface area contributed by atoms with Gasteiger partial charge in [0.15, 0.2) is 0 Å². The summed E-state index contributed by atoms with van der Waals surface area (Å²) < 4.78 is 1.47. The molecule has 2 heterocycles. The van der Waals surface area contributed by atoms with E-state index in [1.54, 1.807) is 11.6 Å². The fraction of sp³-hybridized carbons (Fsp3) is 0.583. The number of aromatic nitrogens is 2. The molecule has 2 aromatic heterocycles. The molecule has 7 nitrogen and oxygen atoms in total. The molecule has 20 heavy (non-hydrogen) atoms. The molecular weight excluding hydrogens is 280 g/mol. The van der Waals surface area contributed by atoms with Gasteiger partial charge in [0.25, 0.3) is 4.96 Å². The molecule has 2 N–H and O–H groups in total. The molecule has 0 bridgehead atoms. The number of hydrogen-bond acceptors (Lipinski definition) is 6. The lowest BCUT2D eigenvalue weighted by Crippen LogP contribution is -2.44. The van der Waals surface area contributed by atoms with Crippen molar-refractivity contribution in [3.05, 3.63) is 21.7 Å². The molecule has 1 aliphatic carbocycles. The summed E-state index contributed by atoms with van der Waals surface area (Å²) in [5.74, 6) is 0.206. The highest BCUT2D eigenvalue weighted by atomic mass is 32.1. The largest absolute Gasteiger partial charge is 0.394 e. The first-order chi connectivity index (χ1) is 9.65. The Hall–Kier alpha value is -1.67. The van der Waals surface area contributed by atoms with Gasteiger partial charge in [0.2, 0.25) is 5.82 Å². The predicted octanol–water partition coefficient (Wildman–Crippen LogP) is 2.41. The molecule has 0 unspecified atom stereocenters. The van der Waals surface area contributed by atoms with Crippen LogP contribution in [0.15, 0.2) is 11.6 Å². The van der Waals surface area contributed by atoms with Crippen molar-refractivity contribution in [2.24, 2.45) is 0 Å². The number of imidazole rings is 1. The van der Waals surface area contributed by atoms with E-state index in [1.165, 1.54) is 15.7 Å². The van der Waals surface area contributed by atoms with E-state index in [4.69, 9.17) is 0 Å². The fourth-order valence-electron chi connectivity index (χ4n) is 2.83. The maximum atomic E-state index is 11.3. The third kappa shape index (κ3) is 2.14. The maximum absolute atomic E-state index is 11.3. The smallest absolute Gasteiger partial charge is 0.372 e. The second-order valence-corrected chi connectivity index (χ2v) is 6.09. The molecule has 1 fully saturated rings. The quantitative estimate of drug-likeness (QED) is 0.667. The van der Waals surface area contributed by atoms with E-state index < -0.39 is 10.5 Å². The van der Waals surface area contributed by atoms with Crippen molar-refractivity contribution in [3.8, 4) is 0 Å². The Morgan fingerprint density at radius 3 is 2.90 bits per heavy atom. The van der Waals surface area contributed by atoms with Crippen LogP contribution >= 0.6 is 11.3 Å². The normalized spacial score (nSPS) is 18.2. The third-order valence-electron chi connectivity index (χ3n) is 3.91. The van der Waals surface area contributed by atoms with E-state index in [0.29, 0.717) is 4.96 Å². The van der Waals surface area contributed by atoms with E-state index in [2.05, 4.69) is 10.3 Å². The Kier molecular flexibility index (Phi) is 3.35. The first-order valence-electron chi connectivity index (χ1n) is 6.64. The molecule has 1 aliphatic rings. The molecule has 1 saturated carbocycles. The van der Waals surface area contributed by atoms with Crippen LogP contribution in [0.2, 0.25) is 0 Å². The van der Waals surface area contributed by atoms with Crippen LogP contribution in [0.5, 0.6) is 0 Å². The summed E-state index contributed by atoms with van der Waals surface area (Å²) in [5.41, 5.74) is -0.479. The van der Waals surface area contributed by atoms with Gasteiger partial charge < -0.3 is 20.5 Å². The van der Waals surface area contributed by atoms with Gasteiger partial charge in [0.05, 0.1) is 12.1 Å². The van der Waals surface area contributed by atoms with Crippen molar-refractivity contribution < 1.29 is 10.0 Å². The summed E-state index contributed by atoms with van der Waals surface area (Å²) in [5, 5.41) is 25.9. The monoisotopic (exact) mass is 296 g/mol. The van der Waals surface area contributed by atoms with Gasteiger partial charge in [0, 0.05) is 5.38 Å². The molecule has 0 aliphatic heterocycles. The van der Waals surface area contributed by atoms with E-state index >= 15 is 0 Å². The van der Waals surface area contributed by atoms with Crippen molar-refractivity contribution in [3.63, 3.8) is 0 Å². The van der Waals surface area contributed by atoms with Crippen LogP contribution in [0.25, 0.3) is 4.96 Å². The topological polar surface area (TPSA) is 92.7 Å². The molecule has 0 spiro atoms. The average Bonchev–Trinajstić information content (AvgIpc) is 2.99. The van der Waals surface area contributed by atoms with E-state index in [1.807, 2.05) is 0 Å². The number of nitro groups is 1. The summed E-state index contributed by atoms with van der Waals surface area (Å²) in [6, 6.07) is 0. The van der Waals surface area contributed by atoms with Crippen LogP contribution < -0.4 is 5.32 Å². The number of rotatable bonds is 4. The first kappa shape index (κ1) is 13.3. The average molecular weight is 296 g/mol. The van der Waals surface area contributed by atoms with Crippen molar-refractivity contribution in [2.75, 3.05) is 11.9 Å². The molecule has 2 aromatic rings. The van der Waals surface area contributed by atoms with Crippen molar-refractivity contribution in [1.29, 1.82) is 0 Å². The molecule has 8 heteroatoms. The lowest BCUT2D eigenvalue weighted by molar-refractivity contribution is -0.389. The van der Waals surface area contributed by atoms with Crippen LogP contribution in [0, 0.1) is 10.1 Å². The predicted molar refractivity (Wildman–Crippen MR) is 76.2 cm³/mol. The van der Waals surface area contributed by atoms with Crippen molar-refractivity contribution in [1.82, 2.24) is 9.38 Å². The molecule has 0 saturated heterocycles. The SMILES string of the molecule is O=[N+]([O-])c1c(NC2(CO)CCCCC2)nc2sccn12. The van der Waals surface area contributed by atoms with Crippen molar-refractivity contribution in [2.45, 2.75) is 37.6 Å². The molecule has 108 valence electrons. The van der Waals surface area contributed by atoms with Crippen LogP contribution in [0.1, 0.15) is 32.1 Å². The number of fused-ring (bicyclic) bond motifs is 1. The number of aliphatic hydroxyl groups is 1. The van der Waals surface area contributed by atoms with Gasteiger partial charge >= 0.3 is 5.82 Å². The van der Waals surface area contributed by atoms with Gasteiger partial charge in [-0.25, -0.2) is 0 Å². The highest BCUT2D eigenvalue weighted by molar-refractivity contribution is 7.15. The number of nitrogens with one attached hydrogen (secondary N) is 1. The number of hydrogen-bond donors (Lipinski definition) is 2. The fourth-order valence-corrected chi connectivity index (χ4v) is 3.54. The summed E-state index contributed by atoms with van der Waals surface area (Å²) in [4.78, 5) is 15.7. The second-order valence-electron chi connectivity index (χ2n) is 5.22. The van der Waals surface area contributed by atoms with Gasteiger partial charge in [-0.1, -0.05) is 30.6 Å². The second kappa shape index (κ2) is 5.02. The van der Waals surface area contributed by atoms with Gasteiger partial charge in [-0.05, 0) is 17.8 Å². The molecule has 0 radical (unpaired) electrons. The van der Waals surface area contributed by atoms with Crippen LogP contribution in [-0.4, -0.2) is 31.6 Å². The van der Waals surface area contributed by atoms with Gasteiger partial charge in [-0.2, -0.15) is 9.38 Å². The standard InChI is InChI=1S/C12H16N4O3S/c17-8-12(4-2-1-3-5-12)14-9-10(16(18)19)15-6-7-20-11(15)13-9/h6-7,14,17H,1-5,8H2. The molecule has 0 atom stereocenters. The number of anilines is 1. The molecular formula is C12H16N4O3S. The van der Waals surface area contributed by atoms with Crippen LogP contribution in [0.4, 0.5) is 11.6 Å². The summed E-state index contributed by atoms with van der Waals surface area (Å²) in [7, 11) is 0. The zero-order valence-corrected chi connectivity index (χ0v) is 11.7. The summed E-state index contributed by atoms with van der Waals surface area (Å²) in [6.07, 6.45) is 6.44. The lowest BCUT2D eigenvalue weighted by Gasteiger charge is -2.36. The van der Waals surface area contributed by atoms with E-state index in [0.717, 1.165) is 32.1 Å². The number of nitrogens with zero attached hydrogens (tertiary/aromatic N) is 3. The highest BCUT2D eigenvalue weighted by Crippen LogP contribution is 2.35. The van der Waals surface area contributed by atoms with Crippen LogP contribution in [-0.2, 0) is 0 Å². The van der Waals surface area contributed by atoms with E-state index in [9.17, 15) is 15.2 Å². The van der Waals surface area contributed by atoms with Crippen molar-refractivity contribution >= 4 is 27.9 Å². The Balaban J connectivity index is 1.98. The van der Waals surface area contributed by atoms with E-state index in [-0.39, 0.29) is 18.2 Å². The Morgan fingerprint density at radius 2 is 2.25 bits per heavy atom. The summed E-state index contributed by atoms with van der Waals surface area (Å²) in [6.45, 7) is -0.0324. The number of thiazole rings is 1. The molecule has 0 amide bonds. The Bertz CT molecular complexity index is 630. The lowest BCUT2D eigenvalue weighted by atomic mass is 9.82. The summed E-state index contributed by atoms with van der Waals surface area (Å²) >= 11 is 1.35. The minimum Gasteiger partial charge on any atom is -0.394 e. The molecule has 0 aromatic carbocycles. The zero-order chi connectivity index (χ0) is 14.2.